The lowest BCUT2D eigenvalue weighted by molar-refractivity contribution is 0.753. The summed E-state index contributed by atoms with van der Waals surface area (Å²) >= 11 is 0. The lowest BCUT2D eigenvalue weighted by atomic mass is 10.0. The zero-order valence-electron chi connectivity index (χ0n) is 10.8. The first kappa shape index (κ1) is 11.6. The predicted octanol–water partition coefficient (Wildman–Crippen LogP) is 2.24. The predicted molar refractivity (Wildman–Crippen MR) is 69.7 cm³/mol. The Bertz CT molecular complexity index is 555. The molecule has 0 aliphatic carbocycles. The number of hydrogen-bond donors (Lipinski definition) is 1. The molecule has 4 nitrogen and oxygen atoms in total. The number of nitrogen functional groups attached to an aromatic ring is 1. The molecule has 2 aromatic rings. The number of aryl methyl sites for hydroxylation is 4. The molecule has 0 radical (unpaired) electrons. The van der Waals surface area contributed by atoms with E-state index in [4.69, 9.17) is 5.73 Å². The van der Waals surface area contributed by atoms with Crippen LogP contribution in [0.25, 0.3) is 11.4 Å². The highest BCUT2D eigenvalue weighted by Gasteiger charge is 2.13. The molecule has 0 bridgehead atoms. The van der Waals surface area contributed by atoms with Crippen molar-refractivity contribution in [1.82, 2.24) is 14.8 Å². The summed E-state index contributed by atoms with van der Waals surface area (Å²) in [5, 5.41) is 4.36. The van der Waals surface area contributed by atoms with E-state index in [0.717, 1.165) is 34.9 Å². The lowest BCUT2D eigenvalue weighted by Crippen LogP contribution is -2.00. The number of hydrogen-bond acceptors (Lipinski definition) is 3. The molecule has 0 spiro atoms. The van der Waals surface area contributed by atoms with Gasteiger partial charge in [0.2, 0.25) is 0 Å². The van der Waals surface area contributed by atoms with E-state index in [0.29, 0.717) is 0 Å². The standard InChI is InChI=1S/C13H18N4/c1-5-11-15-13(17(4)16-11)10-7-8(2)6-9(3)12(10)14/h6-7H,5,14H2,1-4H3. The summed E-state index contributed by atoms with van der Waals surface area (Å²) in [6.45, 7) is 6.12. The van der Waals surface area contributed by atoms with Crippen molar-refractivity contribution in [2.75, 3.05) is 5.73 Å². The largest absolute Gasteiger partial charge is 0.398 e. The van der Waals surface area contributed by atoms with Gasteiger partial charge in [-0.2, -0.15) is 5.10 Å². The molecule has 2 rings (SSSR count). The van der Waals surface area contributed by atoms with Crippen LogP contribution in [-0.2, 0) is 13.5 Å². The fourth-order valence-corrected chi connectivity index (χ4v) is 1.99. The molecule has 0 fully saturated rings. The van der Waals surface area contributed by atoms with Crippen LogP contribution in [0.1, 0.15) is 23.9 Å². The zero-order valence-corrected chi connectivity index (χ0v) is 10.8. The number of rotatable bonds is 2. The van der Waals surface area contributed by atoms with E-state index in [-0.39, 0.29) is 0 Å². The van der Waals surface area contributed by atoms with E-state index in [1.807, 2.05) is 20.9 Å². The molecule has 0 saturated carbocycles. The van der Waals surface area contributed by atoms with Crippen LogP contribution in [0.5, 0.6) is 0 Å². The van der Waals surface area contributed by atoms with Crippen molar-refractivity contribution < 1.29 is 0 Å². The summed E-state index contributed by atoms with van der Waals surface area (Å²) in [5.74, 6) is 1.69. The van der Waals surface area contributed by atoms with E-state index in [1.54, 1.807) is 4.68 Å². The van der Waals surface area contributed by atoms with Gasteiger partial charge in [-0.05, 0) is 31.0 Å². The normalized spacial score (nSPS) is 10.8. The van der Waals surface area contributed by atoms with Gasteiger partial charge in [0.25, 0.3) is 0 Å². The van der Waals surface area contributed by atoms with Gasteiger partial charge < -0.3 is 5.73 Å². The first-order valence-corrected chi connectivity index (χ1v) is 5.80. The topological polar surface area (TPSA) is 56.7 Å². The van der Waals surface area contributed by atoms with Gasteiger partial charge in [-0.15, -0.1) is 0 Å². The van der Waals surface area contributed by atoms with Crippen molar-refractivity contribution in [3.8, 4) is 11.4 Å². The third-order valence-electron chi connectivity index (χ3n) is 2.90. The van der Waals surface area contributed by atoms with Gasteiger partial charge in [-0.1, -0.05) is 13.0 Å². The molecule has 0 saturated heterocycles. The Labute approximate surface area is 101 Å². The second kappa shape index (κ2) is 4.20. The minimum Gasteiger partial charge on any atom is -0.398 e. The van der Waals surface area contributed by atoms with Crippen LogP contribution < -0.4 is 5.73 Å². The molecular weight excluding hydrogens is 212 g/mol. The molecular formula is C13H18N4. The molecule has 0 aliphatic heterocycles. The molecule has 4 heteroatoms. The number of anilines is 1. The maximum atomic E-state index is 6.12. The minimum atomic E-state index is 0.786. The molecule has 1 aromatic heterocycles. The maximum absolute atomic E-state index is 6.12. The Hall–Kier alpha value is -1.84. The van der Waals surface area contributed by atoms with Crippen molar-refractivity contribution in [2.24, 2.45) is 7.05 Å². The molecule has 0 atom stereocenters. The third-order valence-corrected chi connectivity index (χ3v) is 2.90. The van der Waals surface area contributed by atoms with Crippen LogP contribution in [0.15, 0.2) is 12.1 Å². The number of benzene rings is 1. The second-order valence-electron chi connectivity index (χ2n) is 4.37. The van der Waals surface area contributed by atoms with Gasteiger partial charge in [0.15, 0.2) is 11.6 Å². The Morgan fingerprint density at radius 3 is 2.59 bits per heavy atom. The summed E-state index contributed by atoms with van der Waals surface area (Å²) < 4.78 is 1.80. The minimum absolute atomic E-state index is 0.786. The quantitative estimate of drug-likeness (QED) is 0.805. The molecule has 0 unspecified atom stereocenters. The van der Waals surface area contributed by atoms with Crippen LogP contribution in [-0.4, -0.2) is 14.8 Å². The average molecular weight is 230 g/mol. The highest BCUT2D eigenvalue weighted by Crippen LogP contribution is 2.28. The average Bonchev–Trinajstić information content (AvgIpc) is 2.65. The first-order valence-electron chi connectivity index (χ1n) is 5.80. The monoisotopic (exact) mass is 230 g/mol. The second-order valence-corrected chi connectivity index (χ2v) is 4.37. The van der Waals surface area contributed by atoms with Crippen LogP contribution in [0.3, 0.4) is 0 Å². The smallest absolute Gasteiger partial charge is 0.160 e. The fourth-order valence-electron chi connectivity index (χ4n) is 1.99. The van der Waals surface area contributed by atoms with Gasteiger partial charge >= 0.3 is 0 Å². The van der Waals surface area contributed by atoms with Crippen molar-refractivity contribution in [3.63, 3.8) is 0 Å². The van der Waals surface area contributed by atoms with Crippen molar-refractivity contribution in [3.05, 3.63) is 29.1 Å². The molecule has 1 aromatic carbocycles. The Kier molecular flexibility index (Phi) is 2.88. The maximum Gasteiger partial charge on any atom is 0.160 e. The number of nitrogens with zero attached hydrogens (tertiary/aromatic N) is 3. The summed E-state index contributed by atoms with van der Waals surface area (Å²) in [5.41, 5.74) is 10.1. The highest BCUT2D eigenvalue weighted by atomic mass is 15.3. The van der Waals surface area contributed by atoms with Crippen molar-refractivity contribution in [2.45, 2.75) is 27.2 Å². The molecule has 90 valence electrons. The van der Waals surface area contributed by atoms with E-state index < -0.39 is 0 Å². The van der Waals surface area contributed by atoms with E-state index >= 15 is 0 Å². The van der Waals surface area contributed by atoms with Gasteiger partial charge in [0.1, 0.15) is 0 Å². The Balaban J connectivity index is 2.63. The first-order chi connectivity index (χ1) is 8.02. The van der Waals surface area contributed by atoms with Gasteiger partial charge in [0.05, 0.1) is 0 Å². The summed E-state index contributed by atoms with van der Waals surface area (Å²) in [4.78, 5) is 4.51. The molecule has 2 N–H and O–H groups in total. The summed E-state index contributed by atoms with van der Waals surface area (Å²) in [6, 6.07) is 4.14. The molecule has 0 amide bonds. The van der Waals surface area contributed by atoms with Crippen molar-refractivity contribution in [1.29, 1.82) is 0 Å². The summed E-state index contributed by atoms with van der Waals surface area (Å²) in [7, 11) is 1.90. The van der Waals surface area contributed by atoms with Gasteiger partial charge in [-0.25, -0.2) is 9.67 Å². The van der Waals surface area contributed by atoms with Gasteiger partial charge in [0, 0.05) is 24.7 Å². The van der Waals surface area contributed by atoms with E-state index in [9.17, 15) is 0 Å². The highest BCUT2D eigenvalue weighted by molar-refractivity contribution is 5.75. The third kappa shape index (κ3) is 2.02. The summed E-state index contributed by atoms with van der Waals surface area (Å²) in [6.07, 6.45) is 0.832. The molecule has 17 heavy (non-hydrogen) atoms. The van der Waals surface area contributed by atoms with Crippen LogP contribution >= 0.6 is 0 Å². The van der Waals surface area contributed by atoms with Crippen molar-refractivity contribution >= 4 is 5.69 Å². The van der Waals surface area contributed by atoms with Gasteiger partial charge in [-0.3, -0.25) is 0 Å². The SMILES string of the molecule is CCc1nc(-c2cc(C)cc(C)c2N)n(C)n1. The zero-order chi connectivity index (χ0) is 12.6. The Morgan fingerprint density at radius 1 is 1.29 bits per heavy atom. The number of nitrogens with two attached hydrogens (primary N) is 1. The van der Waals surface area contributed by atoms with Crippen LogP contribution in [0, 0.1) is 13.8 Å². The Morgan fingerprint density at radius 2 is 2.00 bits per heavy atom. The van der Waals surface area contributed by atoms with Crippen LogP contribution in [0.2, 0.25) is 0 Å². The van der Waals surface area contributed by atoms with E-state index in [1.165, 1.54) is 5.56 Å². The molecule has 1 heterocycles. The fraction of sp³-hybridized carbons (Fsp3) is 0.385. The number of aromatic nitrogens is 3. The molecule has 0 aliphatic rings. The van der Waals surface area contributed by atoms with Crippen LogP contribution in [0.4, 0.5) is 5.69 Å². The lowest BCUT2D eigenvalue weighted by Gasteiger charge is -2.09. The van der Waals surface area contributed by atoms with E-state index in [2.05, 4.69) is 29.1 Å².